The SMILES string of the molecule is O=C(Cc1ccccc1O)Nc1ccc2c(c1)CCC(=O)N2CC1CC1. The minimum atomic E-state index is -0.173. The number of aromatic hydroxyl groups is 1. The van der Waals surface area contributed by atoms with Crippen LogP contribution in [0.2, 0.25) is 0 Å². The van der Waals surface area contributed by atoms with E-state index in [1.165, 1.54) is 12.8 Å². The topological polar surface area (TPSA) is 69.6 Å². The molecule has 4 rings (SSSR count). The molecule has 0 atom stereocenters. The Bertz CT molecular complexity index is 858. The fraction of sp³-hybridized carbons (Fsp3) is 0.333. The number of carbonyl (C=O) groups is 2. The van der Waals surface area contributed by atoms with Crippen LogP contribution in [0.3, 0.4) is 0 Å². The Labute approximate surface area is 152 Å². The molecule has 134 valence electrons. The highest BCUT2D eigenvalue weighted by Crippen LogP contribution is 2.36. The van der Waals surface area contributed by atoms with Gasteiger partial charge in [0.2, 0.25) is 11.8 Å². The Hall–Kier alpha value is -2.82. The van der Waals surface area contributed by atoms with E-state index >= 15 is 0 Å². The Balaban J connectivity index is 1.47. The molecule has 2 aliphatic rings. The molecule has 1 fully saturated rings. The van der Waals surface area contributed by atoms with Crippen LogP contribution in [0.1, 0.15) is 30.4 Å². The van der Waals surface area contributed by atoms with Crippen LogP contribution in [-0.4, -0.2) is 23.5 Å². The Kier molecular flexibility index (Phi) is 4.37. The molecule has 26 heavy (non-hydrogen) atoms. The fourth-order valence-electron chi connectivity index (χ4n) is 3.43. The van der Waals surface area contributed by atoms with Gasteiger partial charge >= 0.3 is 0 Å². The zero-order valence-electron chi connectivity index (χ0n) is 14.6. The van der Waals surface area contributed by atoms with E-state index in [0.717, 1.165) is 23.5 Å². The van der Waals surface area contributed by atoms with Crippen molar-refractivity contribution in [1.82, 2.24) is 0 Å². The number of amides is 2. The van der Waals surface area contributed by atoms with Crippen LogP contribution >= 0.6 is 0 Å². The number of carbonyl (C=O) groups excluding carboxylic acids is 2. The molecule has 0 saturated heterocycles. The van der Waals surface area contributed by atoms with Crippen molar-refractivity contribution in [1.29, 1.82) is 0 Å². The van der Waals surface area contributed by atoms with E-state index in [9.17, 15) is 14.7 Å². The first-order chi connectivity index (χ1) is 12.6. The van der Waals surface area contributed by atoms with Crippen LogP contribution in [0.5, 0.6) is 5.75 Å². The molecule has 2 N–H and O–H groups in total. The maximum Gasteiger partial charge on any atom is 0.228 e. The van der Waals surface area contributed by atoms with Gasteiger partial charge in [0.25, 0.3) is 0 Å². The third kappa shape index (κ3) is 3.57. The van der Waals surface area contributed by atoms with Gasteiger partial charge in [0.1, 0.15) is 5.75 Å². The zero-order valence-corrected chi connectivity index (χ0v) is 14.6. The normalized spacial score (nSPS) is 16.3. The molecule has 5 nitrogen and oxygen atoms in total. The number of rotatable bonds is 5. The van der Waals surface area contributed by atoms with Crippen LogP contribution in [0, 0.1) is 5.92 Å². The predicted molar refractivity (Wildman–Crippen MR) is 100 cm³/mol. The summed E-state index contributed by atoms with van der Waals surface area (Å²) in [6, 6.07) is 12.6. The first-order valence-electron chi connectivity index (χ1n) is 9.10. The van der Waals surface area contributed by atoms with Crippen molar-refractivity contribution in [3.63, 3.8) is 0 Å². The molecule has 1 aliphatic carbocycles. The molecule has 0 aromatic heterocycles. The number of hydrogen-bond donors (Lipinski definition) is 2. The summed E-state index contributed by atoms with van der Waals surface area (Å²) in [7, 11) is 0. The maximum atomic E-state index is 12.3. The van der Waals surface area contributed by atoms with Crippen molar-refractivity contribution < 1.29 is 14.7 Å². The Morgan fingerprint density at radius 1 is 1.15 bits per heavy atom. The standard InChI is InChI=1S/C21H22N2O3/c24-19-4-2-1-3-16(19)12-20(25)22-17-8-9-18-15(11-17)7-10-21(26)23(18)13-14-5-6-14/h1-4,8-9,11,14,24H,5-7,10,12-13H2,(H,22,25). The molecular weight excluding hydrogens is 328 g/mol. The number of nitrogens with zero attached hydrogens (tertiary/aromatic N) is 1. The molecule has 2 aromatic rings. The number of nitrogens with one attached hydrogen (secondary N) is 1. The van der Waals surface area contributed by atoms with Crippen molar-refractivity contribution in [2.75, 3.05) is 16.8 Å². The largest absolute Gasteiger partial charge is 0.508 e. The van der Waals surface area contributed by atoms with E-state index in [2.05, 4.69) is 5.32 Å². The number of hydrogen-bond acceptors (Lipinski definition) is 3. The van der Waals surface area contributed by atoms with Crippen LogP contribution < -0.4 is 10.2 Å². The van der Waals surface area contributed by atoms with Crippen LogP contribution in [0.15, 0.2) is 42.5 Å². The predicted octanol–water partition coefficient (Wildman–Crippen LogP) is 3.26. The molecule has 1 aliphatic heterocycles. The minimum absolute atomic E-state index is 0.121. The number of anilines is 2. The average Bonchev–Trinajstić information content (AvgIpc) is 3.44. The lowest BCUT2D eigenvalue weighted by Gasteiger charge is -2.30. The summed E-state index contributed by atoms with van der Waals surface area (Å²) in [5.74, 6) is 0.791. The lowest BCUT2D eigenvalue weighted by Crippen LogP contribution is -2.36. The number of phenols is 1. The summed E-state index contributed by atoms with van der Waals surface area (Å²) < 4.78 is 0. The highest BCUT2D eigenvalue weighted by atomic mass is 16.3. The fourth-order valence-corrected chi connectivity index (χ4v) is 3.43. The summed E-state index contributed by atoms with van der Waals surface area (Å²) in [5, 5.41) is 12.7. The van der Waals surface area contributed by atoms with E-state index < -0.39 is 0 Å². The quantitative estimate of drug-likeness (QED) is 0.869. The van der Waals surface area contributed by atoms with Crippen LogP contribution in [0.4, 0.5) is 11.4 Å². The highest BCUT2D eigenvalue weighted by molar-refractivity contribution is 5.98. The van der Waals surface area contributed by atoms with Crippen molar-refractivity contribution >= 4 is 23.2 Å². The average molecular weight is 350 g/mol. The van der Waals surface area contributed by atoms with Gasteiger partial charge in [-0.2, -0.15) is 0 Å². The summed E-state index contributed by atoms with van der Waals surface area (Å²) in [6.07, 6.45) is 3.77. The lowest BCUT2D eigenvalue weighted by atomic mass is 10.00. The maximum absolute atomic E-state index is 12.3. The van der Waals surface area contributed by atoms with Gasteiger partial charge in [-0.1, -0.05) is 18.2 Å². The monoisotopic (exact) mass is 350 g/mol. The number of para-hydroxylation sites is 1. The molecule has 5 heteroatoms. The second-order valence-corrected chi connectivity index (χ2v) is 7.14. The summed E-state index contributed by atoms with van der Waals surface area (Å²) in [4.78, 5) is 26.4. The van der Waals surface area contributed by atoms with Gasteiger partial charge in [0.05, 0.1) is 6.42 Å². The van der Waals surface area contributed by atoms with Gasteiger partial charge in [0, 0.05) is 29.9 Å². The van der Waals surface area contributed by atoms with Gasteiger partial charge in [-0.25, -0.2) is 0 Å². The molecule has 1 heterocycles. The van der Waals surface area contributed by atoms with Crippen molar-refractivity contribution in [3.8, 4) is 5.75 Å². The van der Waals surface area contributed by atoms with Crippen molar-refractivity contribution in [2.24, 2.45) is 5.92 Å². The smallest absolute Gasteiger partial charge is 0.228 e. The molecule has 2 amide bonds. The zero-order chi connectivity index (χ0) is 18.1. The van der Waals surface area contributed by atoms with Crippen LogP contribution in [0.25, 0.3) is 0 Å². The summed E-state index contributed by atoms with van der Waals surface area (Å²) >= 11 is 0. The van der Waals surface area contributed by atoms with Crippen molar-refractivity contribution in [3.05, 3.63) is 53.6 Å². The number of aryl methyl sites for hydroxylation is 1. The molecular formula is C21H22N2O3. The molecule has 1 saturated carbocycles. The lowest BCUT2D eigenvalue weighted by molar-refractivity contribution is -0.119. The van der Waals surface area contributed by atoms with Gasteiger partial charge in [-0.3, -0.25) is 9.59 Å². The van der Waals surface area contributed by atoms with Gasteiger partial charge in [-0.15, -0.1) is 0 Å². The third-order valence-electron chi connectivity index (χ3n) is 5.04. The summed E-state index contributed by atoms with van der Waals surface area (Å²) in [5.41, 5.74) is 3.41. The van der Waals surface area contributed by atoms with E-state index in [-0.39, 0.29) is 24.0 Å². The van der Waals surface area contributed by atoms with Gasteiger partial charge in [-0.05, 0) is 55.0 Å². The number of phenolic OH excluding ortho intramolecular Hbond substituents is 1. The Morgan fingerprint density at radius 2 is 1.96 bits per heavy atom. The van der Waals surface area contributed by atoms with E-state index in [4.69, 9.17) is 0 Å². The van der Waals surface area contributed by atoms with Crippen LogP contribution in [-0.2, 0) is 22.4 Å². The molecule has 0 spiro atoms. The third-order valence-corrected chi connectivity index (χ3v) is 5.04. The molecule has 0 radical (unpaired) electrons. The number of benzene rings is 2. The first kappa shape index (κ1) is 16.6. The highest BCUT2D eigenvalue weighted by Gasteiger charge is 2.31. The Morgan fingerprint density at radius 3 is 2.73 bits per heavy atom. The second kappa shape index (κ2) is 6.83. The van der Waals surface area contributed by atoms with Gasteiger partial charge < -0.3 is 15.3 Å². The second-order valence-electron chi connectivity index (χ2n) is 7.14. The molecule has 0 bridgehead atoms. The first-order valence-corrected chi connectivity index (χ1v) is 9.10. The van der Waals surface area contributed by atoms with E-state index in [1.807, 2.05) is 23.1 Å². The minimum Gasteiger partial charge on any atom is -0.508 e. The molecule has 0 unspecified atom stereocenters. The molecule has 2 aromatic carbocycles. The summed E-state index contributed by atoms with van der Waals surface area (Å²) in [6.45, 7) is 0.810. The van der Waals surface area contributed by atoms with Gasteiger partial charge in [0.15, 0.2) is 0 Å². The van der Waals surface area contributed by atoms with Crippen molar-refractivity contribution in [2.45, 2.75) is 32.1 Å². The van der Waals surface area contributed by atoms with E-state index in [0.29, 0.717) is 24.3 Å². The number of fused-ring (bicyclic) bond motifs is 1. The van der Waals surface area contributed by atoms with E-state index in [1.54, 1.807) is 24.3 Å².